The third-order valence-corrected chi connectivity index (χ3v) is 4.75. The van der Waals surface area contributed by atoms with Gasteiger partial charge in [0.25, 0.3) is 0 Å². The monoisotopic (exact) mass is 417 g/mol. The van der Waals surface area contributed by atoms with E-state index in [9.17, 15) is 23.2 Å². The molecule has 0 unspecified atom stereocenters. The molecular formula is C20H18F3N5O2. The van der Waals surface area contributed by atoms with Crippen LogP contribution in [0.3, 0.4) is 0 Å². The molecule has 3 N–H and O–H groups in total. The molecule has 10 heteroatoms. The van der Waals surface area contributed by atoms with Gasteiger partial charge in [-0.05, 0) is 37.1 Å². The van der Waals surface area contributed by atoms with Gasteiger partial charge in [-0.1, -0.05) is 17.3 Å². The molecule has 4 rings (SSSR count). The van der Waals surface area contributed by atoms with Crippen molar-refractivity contribution < 1.29 is 23.2 Å². The molecule has 0 aliphatic heterocycles. The minimum absolute atomic E-state index is 0.276. The molecular weight excluding hydrogens is 399 g/mol. The lowest BCUT2D eigenvalue weighted by molar-refractivity contribution is -0.122. The lowest BCUT2D eigenvalue weighted by Gasteiger charge is -2.11. The Labute approximate surface area is 169 Å². The number of hydrogen-bond donors (Lipinski definition) is 3. The smallest absolute Gasteiger partial charge is 0.405 e. The van der Waals surface area contributed by atoms with Gasteiger partial charge in [0.1, 0.15) is 12.2 Å². The standard InChI is InChI=1S/C20H18F3N5O2/c21-20(22,23)11-25-19(29)26-15-3-1-2-13(8-15)16-10-24-17-9-14(6-7-28(16)17)18(27-30)12-4-5-12/h1-3,6-10,12,30H,4-5,11H2,(H2,25,26,29). The fourth-order valence-electron chi connectivity index (χ4n) is 3.20. The van der Waals surface area contributed by atoms with Crippen LogP contribution in [-0.4, -0.2) is 39.1 Å². The van der Waals surface area contributed by atoms with Crippen LogP contribution < -0.4 is 10.6 Å². The molecule has 2 heterocycles. The van der Waals surface area contributed by atoms with Crippen molar-refractivity contribution in [1.29, 1.82) is 0 Å². The van der Waals surface area contributed by atoms with Crippen LogP contribution in [0, 0.1) is 5.92 Å². The topological polar surface area (TPSA) is 91.0 Å². The summed E-state index contributed by atoms with van der Waals surface area (Å²) < 4.78 is 38.5. The molecule has 1 saturated carbocycles. The molecule has 1 aromatic carbocycles. The third kappa shape index (κ3) is 4.37. The molecule has 2 amide bonds. The van der Waals surface area contributed by atoms with Crippen molar-refractivity contribution in [3.8, 4) is 11.3 Å². The van der Waals surface area contributed by atoms with Gasteiger partial charge in [0.05, 0.1) is 17.6 Å². The highest BCUT2D eigenvalue weighted by Gasteiger charge is 2.29. The van der Waals surface area contributed by atoms with Gasteiger partial charge in [-0.3, -0.25) is 4.40 Å². The molecule has 7 nitrogen and oxygen atoms in total. The maximum absolute atomic E-state index is 12.2. The Bertz CT molecular complexity index is 1120. The Morgan fingerprint density at radius 1 is 1.27 bits per heavy atom. The highest BCUT2D eigenvalue weighted by molar-refractivity contribution is 6.03. The fourth-order valence-corrected chi connectivity index (χ4v) is 3.20. The maximum Gasteiger partial charge on any atom is 0.405 e. The van der Waals surface area contributed by atoms with Crippen molar-refractivity contribution in [3.05, 3.63) is 54.4 Å². The van der Waals surface area contributed by atoms with Gasteiger partial charge in [0, 0.05) is 28.9 Å². The number of aromatic nitrogens is 2. The molecule has 156 valence electrons. The first kappa shape index (κ1) is 19.7. The zero-order chi connectivity index (χ0) is 21.3. The quantitative estimate of drug-likeness (QED) is 0.329. The van der Waals surface area contributed by atoms with Gasteiger partial charge >= 0.3 is 12.2 Å². The number of pyridine rings is 1. The van der Waals surface area contributed by atoms with Crippen molar-refractivity contribution in [1.82, 2.24) is 14.7 Å². The van der Waals surface area contributed by atoms with E-state index in [1.807, 2.05) is 22.7 Å². The first-order valence-electron chi connectivity index (χ1n) is 9.25. The van der Waals surface area contributed by atoms with Crippen LogP contribution >= 0.6 is 0 Å². The van der Waals surface area contributed by atoms with E-state index < -0.39 is 18.8 Å². The highest BCUT2D eigenvalue weighted by Crippen LogP contribution is 2.34. The number of carbonyl (C=O) groups is 1. The first-order chi connectivity index (χ1) is 14.3. The normalized spacial score (nSPS) is 14.7. The number of amides is 2. The summed E-state index contributed by atoms with van der Waals surface area (Å²) in [5, 5.41) is 16.9. The number of halogens is 3. The number of benzene rings is 1. The second-order valence-electron chi connectivity index (χ2n) is 7.05. The second-order valence-corrected chi connectivity index (χ2v) is 7.05. The number of oxime groups is 1. The Balaban J connectivity index is 1.55. The number of nitrogens with one attached hydrogen (secondary N) is 2. The van der Waals surface area contributed by atoms with Gasteiger partial charge in [0.15, 0.2) is 0 Å². The third-order valence-electron chi connectivity index (χ3n) is 4.75. The molecule has 0 radical (unpaired) electrons. The molecule has 30 heavy (non-hydrogen) atoms. The van der Waals surface area contributed by atoms with Crippen LogP contribution in [0.4, 0.5) is 23.7 Å². The molecule has 1 fully saturated rings. The van der Waals surface area contributed by atoms with Crippen molar-refractivity contribution in [2.24, 2.45) is 11.1 Å². The van der Waals surface area contributed by atoms with Crippen molar-refractivity contribution in [3.63, 3.8) is 0 Å². The Hall–Kier alpha value is -3.56. The first-order valence-corrected chi connectivity index (χ1v) is 9.25. The number of hydrogen-bond acceptors (Lipinski definition) is 4. The van der Waals surface area contributed by atoms with Crippen molar-refractivity contribution in [2.75, 3.05) is 11.9 Å². The summed E-state index contributed by atoms with van der Waals surface area (Å²) in [7, 11) is 0. The highest BCUT2D eigenvalue weighted by atomic mass is 19.4. The van der Waals surface area contributed by atoms with Crippen LogP contribution in [0.1, 0.15) is 18.4 Å². The average Bonchev–Trinajstić information content (AvgIpc) is 3.45. The van der Waals surface area contributed by atoms with E-state index in [2.05, 4.69) is 15.5 Å². The number of imidazole rings is 1. The van der Waals surface area contributed by atoms with Gasteiger partial charge in [-0.15, -0.1) is 0 Å². The number of nitrogens with zero attached hydrogens (tertiary/aromatic N) is 3. The van der Waals surface area contributed by atoms with E-state index in [0.29, 0.717) is 17.0 Å². The number of anilines is 1. The lowest BCUT2D eigenvalue weighted by Crippen LogP contribution is -2.36. The minimum atomic E-state index is -4.48. The molecule has 2 aromatic heterocycles. The number of carbonyl (C=O) groups excluding carboxylic acids is 1. The number of rotatable bonds is 5. The van der Waals surface area contributed by atoms with E-state index >= 15 is 0 Å². The zero-order valence-corrected chi connectivity index (χ0v) is 15.6. The molecule has 0 spiro atoms. The van der Waals surface area contributed by atoms with E-state index in [1.165, 1.54) is 0 Å². The Kier molecular flexibility index (Phi) is 5.06. The molecule has 0 atom stereocenters. The number of fused-ring (bicyclic) bond motifs is 1. The van der Waals surface area contributed by atoms with Crippen molar-refractivity contribution in [2.45, 2.75) is 19.0 Å². The van der Waals surface area contributed by atoms with Crippen LogP contribution in [0.15, 0.2) is 53.9 Å². The Morgan fingerprint density at radius 3 is 2.77 bits per heavy atom. The van der Waals surface area contributed by atoms with Crippen LogP contribution in [0.25, 0.3) is 16.9 Å². The summed E-state index contributed by atoms with van der Waals surface area (Å²) >= 11 is 0. The van der Waals surface area contributed by atoms with Crippen LogP contribution in [0.2, 0.25) is 0 Å². The molecule has 1 aliphatic carbocycles. The van der Waals surface area contributed by atoms with Gasteiger partial charge < -0.3 is 15.8 Å². The van der Waals surface area contributed by atoms with E-state index in [0.717, 1.165) is 29.7 Å². The maximum atomic E-state index is 12.2. The average molecular weight is 417 g/mol. The summed E-state index contributed by atoms with van der Waals surface area (Å²) in [6.07, 6.45) is 1.00. The summed E-state index contributed by atoms with van der Waals surface area (Å²) in [6, 6.07) is 9.46. The second kappa shape index (κ2) is 7.69. The van der Waals surface area contributed by atoms with Gasteiger partial charge in [-0.25, -0.2) is 9.78 Å². The van der Waals surface area contributed by atoms with E-state index in [4.69, 9.17) is 0 Å². The number of alkyl halides is 3. The summed E-state index contributed by atoms with van der Waals surface area (Å²) in [5.41, 5.74) is 3.93. The fraction of sp³-hybridized carbons (Fsp3) is 0.250. The van der Waals surface area contributed by atoms with Crippen LogP contribution in [-0.2, 0) is 0 Å². The van der Waals surface area contributed by atoms with Crippen molar-refractivity contribution >= 4 is 23.1 Å². The summed E-state index contributed by atoms with van der Waals surface area (Å²) in [6.45, 7) is -1.41. The number of urea groups is 1. The Morgan fingerprint density at radius 2 is 2.07 bits per heavy atom. The van der Waals surface area contributed by atoms with Gasteiger partial charge in [-0.2, -0.15) is 13.2 Å². The predicted octanol–water partition coefficient (Wildman–Crippen LogP) is 4.27. The molecule has 1 aliphatic rings. The molecule has 0 bridgehead atoms. The summed E-state index contributed by atoms with van der Waals surface area (Å²) in [5.74, 6) is 0.276. The summed E-state index contributed by atoms with van der Waals surface area (Å²) in [4.78, 5) is 16.1. The predicted molar refractivity (Wildman–Crippen MR) is 105 cm³/mol. The molecule has 0 saturated heterocycles. The van der Waals surface area contributed by atoms with Gasteiger partial charge in [0.2, 0.25) is 0 Å². The SMILES string of the molecule is O=C(NCC(F)(F)F)Nc1cccc(-c2cnc3cc(C(=NO)C4CC4)ccn23)c1. The largest absolute Gasteiger partial charge is 0.411 e. The van der Waals surface area contributed by atoms with E-state index in [1.54, 1.807) is 35.8 Å². The minimum Gasteiger partial charge on any atom is -0.411 e. The lowest BCUT2D eigenvalue weighted by atomic mass is 10.1. The molecule has 3 aromatic rings. The van der Waals surface area contributed by atoms with Crippen LogP contribution in [0.5, 0.6) is 0 Å². The zero-order valence-electron chi connectivity index (χ0n) is 15.6. The van der Waals surface area contributed by atoms with E-state index in [-0.39, 0.29) is 5.92 Å².